The van der Waals surface area contributed by atoms with Crippen LogP contribution in [0.5, 0.6) is 5.75 Å². The first kappa shape index (κ1) is 11.5. The molecule has 0 saturated carbocycles. The highest BCUT2D eigenvalue weighted by Gasteiger charge is 2.14. The Morgan fingerprint density at radius 1 is 1.28 bits per heavy atom. The van der Waals surface area contributed by atoms with Gasteiger partial charge in [-0.3, -0.25) is 4.98 Å². The van der Waals surface area contributed by atoms with E-state index in [-0.39, 0.29) is 0 Å². The smallest absolute Gasteiger partial charge is 0.130 e. The van der Waals surface area contributed by atoms with E-state index >= 15 is 0 Å². The second kappa shape index (κ2) is 5.36. The minimum absolute atomic E-state index is 0.776. The van der Waals surface area contributed by atoms with Crippen molar-refractivity contribution >= 4 is 10.9 Å². The number of benzene rings is 1. The van der Waals surface area contributed by atoms with E-state index in [0.29, 0.717) is 0 Å². The zero-order valence-corrected chi connectivity index (χ0v) is 10.4. The van der Waals surface area contributed by atoms with Crippen molar-refractivity contribution in [2.24, 2.45) is 5.92 Å². The molecule has 2 heterocycles. The van der Waals surface area contributed by atoms with E-state index < -0.39 is 0 Å². The maximum atomic E-state index is 5.91. The van der Waals surface area contributed by atoms with E-state index in [2.05, 4.69) is 16.4 Å². The fourth-order valence-corrected chi connectivity index (χ4v) is 2.49. The fraction of sp³-hybridized carbons (Fsp3) is 0.400. The summed E-state index contributed by atoms with van der Waals surface area (Å²) < 4.78 is 5.91. The molecule has 2 aromatic rings. The van der Waals surface area contributed by atoms with Gasteiger partial charge in [0.25, 0.3) is 0 Å². The van der Waals surface area contributed by atoms with Crippen molar-refractivity contribution in [1.82, 2.24) is 10.3 Å². The first-order valence-electron chi connectivity index (χ1n) is 6.61. The van der Waals surface area contributed by atoms with Crippen molar-refractivity contribution in [3.05, 3.63) is 36.5 Å². The van der Waals surface area contributed by atoms with Crippen LogP contribution in [0.15, 0.2) is 36.5 Å². The lowest BCUT2D eigenvalue weighted by atomic mass is 10.1. The van der Waals surface area contributed by atoms with Crippen LogP contribution in [0.1, 0.15) is 12.8 Å². The van der Waals surface area contributed by atoms with Gasteiger partial charge in [0.2, 0.25) is 0 Å². The van der Waals surface area contributed by atoms with Gasteiger partial charge in [-0.25, -0.2) is 0 Å². The van der Waals surface area contributed by atoms with Crippen molar-refractivity contribution in [3.8, 4) is 5.75 Å². The van der Waals surface area contributed by atoms with Crippen LogP contribution in [0.4, 0.5) is 0 Å². The monoisotopic (exact) mass is 242 g/mol. The van der Waals surface area contributed by atoms with Crippen molar-refractivity contribution in [2.45, 2.75) is 12.8 Å². The molecule has 18 heavy (non-hydrogen) atoms. The van der Waals surface area contributed by atoms with Crippen LogP contribution in [0.2, 0.25) is 0 Å². The molecule has 1 N–H and O–H groups in total. The number of para-hydroxylation sites is 1. The van der Waals surface area contributed by atoms with E-state index in [9.17, 15) is 0 Å². The molecule has 94 valence electrons. The fourth-order valence-electron chi connectivity index (χ4n) is 2.49. The minimum Gasteiger partial charge on any atom is -0.493 e. The lowest BCUT2D eigenvalue weighted by Gasteiger charge is -2.11. The third-order valence-electron chi connectivity index (χ3n) is 3.56. The van der Waals surface area contributed by atoms with Crippen LogP contribution >= 0.6 is 0 Å². The van der Waals surface area contributed by atoms with E-state index in [0.717, 1.165) is 48.7 Å². The maximum Gasteiger partial charge on any atom is 0.130 e. The summed E-state index contributed by atoms with van der Waals surface area (Å²) in [4.78, 5) is 4.34. The van der Waals surface area contributed by atoms with Gasteiger partial charge in [-0.1, -0.05) is 12.1 Å². The SMILES string of the molecule is c1ccc2c(OCCC3CCNC3)ccnc2c1. The van der Waals surface area contributed by atoms with Gasteiger partial charge in [0, 0.05) is 11.6 Å². The summed E-state index contributed by atoms with van der Waals surface area (Å²) in [7, 11) is 0. The summed E-state index contributed by atoms with van der Waals surface area (Å²) in [6, 6.07) is 10.1. The van der Waals surface area contributed by atoms with Crippen LogP contribution < -0.4 is 10.1 Å². The Labute approximate surface area is 107 Å². The molecule has 0 amide bonds. The summed E-state index contributed by atoms with van der Waals surface area (Å²) in [6.45, 7) is 3.09. The summed E-state index contributed by atoms with van der Waals surface area (Å²) in [5.74, 6) is 1.73. The zero-order valence-electron chi connectivity index (χ0n) is 10.4. The number of ether oxygens (including phenoxy) is 1. The normalized spacial score (nSPS) is 19.2. The highest BCUT2D eigenvalue weighted by molar-refractivity contribution is 5.84. The molecule has 1 aliphatic rings. The molecule has 0 radical (unpaired) electrons. The maximum absolute atomic E-state index is 5.91. The Morgan fingerprint density at radius 3 is 3.11 bits per heavy atom. The topological polar surface area (TPSA) is 34.1 Å². The third kappa shape index (κ3) is 2.46. The van der Waals surface area contributed by atoms with Crippen LogP contribution in [0, 0.1) is 5.92 Å². The lowest BCUT2D eigenvalue weighted by Crippen LogP contribution is -2.11. The summed E-state index contributed by atoms with van der Waals surface area (Å²) >= 11 is 0. The molecule has 1 saturated heterocycles. The lowest BCUT2D eigenvalue weighted by molar-refractivity contribution is 0.286. The predicted molar refractivity (Wildman–Crippen MR) is 72.8 cm³/mol. The van der Waals surface area contributed by atoms with Gasteiger partial charge >= 0.3 is 0 Å². The van der Waals surface area contributed by atoms with Crippen molar-refractivity contribution in [3.63, 3.8) is 0 Å². The number of nitrogens with one attached hydrogen (secondary N) is 1. The predicted octanol–water partition coefficient (Wildman–Crippen LogP) is 2.61. The summed E-state index contributed by atoms with van der Waals surface area (Å²) in [5, 5.41) is 4.49. The molecule has 1 aliphatic heterocycles. The van der Waals surface area contributed by atoms with E-state index in [1.54, 1.807) is 0 Å². The number of fused-ring (bicyclic) bond motifs is 1. The molecule has 1 atom stereocenters. The summed E-state index contributed by atoms with van der Waals surface area (Å²) in [6.07, 6.45) is 4.22. The van der Waals surface area contributed by atoms with Crippen LogP contribution in [0.25, 0.3) is 10.9 Å². The quantitative estimate of drug-likeness (QED) is 0.895. The molecule has 1 aromatic heterocycles. The van der Waals surface area contributed by atoms with Gasteiger partial charge in [-0.05, 0) is 50.0 Å². The van der Waals surface area contributed by atoms with Gasteiger partial charge in [-0.2, -0.15) is 0 Å². The van der Waals surface area contributed by atoms with Crippen LogP contribution in [-0.4, -0.2) is 24.7 Å². The number of aromatic nitrogens is 1. The number of hydrogen-bond donors (Lipinski definition) is 1. The molecule has 1 fully saturated rings. The van der Waals surface area contributed by atoms with Gasteiger partial charge in [0.1, 0.15) is 5.75 Å². The Bertz CT molecular complexity index is 515. The average molecular weight is 242 g/mol. The first-order chi connectivity index (χ1) is 8.93. The number of nitrogens with zero attached hydrogens (tertiary/aromatic N) is 1. The average Bonchev–Trinajstić information content (AvgIpc) is 2.92. The number of pyridine rings is 1. The molecule has 0 bridgehead atoms. The number of hydrogen-bond acceptors (Lipinski definition) is 3. The van der Waals surface area contributed by atoms with E-state index in [4.69, 9.17) is 4.74 Å². The van der Waals surface area contributed by atoms with Gasteiger partial charge in [0.05, 0.1) is 12.1 Å². The Balaban J connectivity index is 1.66. The molecular formula is C15H18N2O. The molecule has 3 heteroatoms. The Hall–Kier alpha value is -1.61. The first-order valence-corrected chi connectivity index (χ1v) is 6.61. The molecule has 0 aliphatic carbocycles. The summed E-state index contributed by atoms with van der Waals surface area (Å²) in [5.41, 5.74) is 0.998. The Morgan fingerprint density at radius 2 is 2.22 bits per heavy atom. The van der Waals surface area contributed by atoms with Crippen molar-refractivity contribution < 1.29 is 4.74 Å². The van der Waals surface area contributed by atoms with Crippen LogP contribution in [-0.2, 0) is 0 Å². The molecule has 3 nitrogen and oxygen atoms in total. The van der Waals surface area contributed by atoms with E-state index in [1.165, 1.54) is 6.42 Å². The van der Waals surface area contributed by atoms with Gasteiger partial charge in [0.15, 0.2) is 0 Å². The second-order valence-electron chi connectivity index (χ2n) is 4.82. The van der Waals surface area contributed by atoms with Gasteiger partial charge < -0.3 is 10.1 Å². The minimum atomic E-state index is 0.776. The molecule has 1 unspecified atom stereocenters. The Kier molecular flexibility index (Phi) is 3.42. The van der Waals surface area contributed by atoms with Crippen LogP contribution in [0.3, 0.4) is 0 Å². The van der Waals surface area contributed by atoms with Gasteiger partial charge in [-0.15, -0.1) is 0 Å². The zero-order chi connectivity index (χ0) is 12.2. The highest BCUT2D eigenvalue weighted by atomic mass is 16.5. The standard InChI is InChI=1S/C15H18N2O/c1-2-4-14-13(3-1)15(6-9-17-14)18-10-7-12-5-8-16-11-12/h1-4,6,9,12,16H,5,7-8,10-11H2. The van der Waals surface area contributed by atoms with E-state index in [1.807, 2.05) is 30.5 Å². The number of rotatable bonds is 4. The molecule has 3 rings (SSSR count). The molecule has 1 aromatic carbocycles. The largest absolute Gasteiger partial charge is 0.493 e. The van der Waals surface area contributed by atoms with Crippen molar-refractivity contribution in [1.29, 1.82) is 0 Å². The molecular weight excluding hydrogens is 224 g/mol. The molecule has 0 spiro atoms. The van der Waals surface area contributed by atoms with Crippen molar-refractivity contribution in [2.75, 3.05) is 19.7 Å². The second-order valence-corrected chi connectivity index (χ2v) is 4.82. The third-order valence-corrected chi connectivity index (χ3v) is 3.56. The highest BCUT2D eigenvalue weighted by Crippen LogP contribution is 2.24.